The van der Waals surface area contributed by atoms with E-state index in [2.05, 4.69) is 10.4 Å². The van der Waals surface area contributed by atoms with Crippen LogP contribution in [0, 0.1) is 0 Å². The molecule has 17 heavy (non-hydrogen) atoms. The topological polar surface area (TPSA) is 105 Å². The summed E-state index contributed by atoms with van der Waals surface area (Å²) in [4.78, 5) is 34.6. The number of carboxylic acids is 1. The summed E-state index contributed by atoms with van der Waals surface area (Å²) in [6.07, 6.45) is 1.19. The number of hydrogen-bond donors (Lipinski definition) is 2. The smallest absolute Gasteiger partial charge is 0.339 e. The van der Waals surface area contributed by atoms with Crippen LogP contribution in [0.4, 0.5) is 4.79 Å². The Labute approximate surface area is 95.8 Å². The Hall–Kier alpha value is -2.38. The van der Waals surface area contributed by atoms with Crippen LogP contribution in [0.3, 0.4) is 0 Å². The number of aromatic carboxylic acids is 1. The first-order valence-corrected chi connectivity index (χ1v) is 4.83. The van der Waals surface area contributed by atoms with Crippen LogP contribution >= 0.6 is 0 Å². The highest BCUT2D eigenvalue weighted by atomic mass is 16.4. The van der Waals surface area contributed by atoms with E-state index in [1.807, 2.05) is 0 Å². The minimum absolute atomic E-state index is 0.0139. The number of urea groups is 1. The van der Waals surface area contributed by atoms with Crippen molar-refractivity contribution in [1.82, 2.24) is 20.0 Å². The second-order valence-electron chi connectivity index (χ2n) is 3.57. The van der Waals surface area contributed by atoms with E-state index in [-0.39, 0.29) is 24.6 Å². The molecular weight excluding hydrogens is 228 g/mol. The number of carbonyl (C=O) groups is 3. The fraction of sp³-hybridized carbons (Fsp3) is 0.333. The first-order valence-electron chi connectivity index (χ1n) is 4.83. The largest absolute Gasteiger partial charge is 0.478 e. The van der Waals surface area contributed by atoms with Crippen molar-refractivity contribution in [3.63, 3.8) is 0 Å². The number of rotatable bonds is 3. The normalized spacial score (nSPS) is 15.2. The number of aryl methyl sites for hydroxylation is 1. The standard InChI is InChI=1S/C9H10N4O4/c1-12-6(5(2-11-12)8(15)16)4-13-7(14)3-10-9(13)17/h2H,3-4H2,1H3,(H,10,17)(H,15,16). The van der Waals surface area contributed by atoms with Gasteiger partial charge >= 0.3 is 12.0 Å². The van der Waals surface area contributed by atoms with Gasteiger partial charge in [-0.25, -0.2) is 9.59 Å². The minimum Gasteiger partial charge on any atom is -0.478 e. The van der Waals surface area contributed by atoms with Crippen LogP contribution < -0.4 is 5.32 Å². The van der Waals surface area contributed by atoms with E-state index >= 15 is 0 Å². The van der Waals surface area contributed by atoms with Crippen molar-refractivity contribution >= 4 is 17.9 Å². The van der Waals surface area contributed by atoms with Gasteiger partial charge in [0.2, 0.25) is 5.91 Å². The third-order valence-corrected chi connectivity index (χ3v) is 2.54. The molecule has 2 N–H and O–H groups in total. The van der Waals surface area contributed by atoms with E-state index in [9.17, 15) is 14.4 Å². The maximum absolute atomic E-state index is 11.4. The molecule has 3 amide bonds. The number of aromatic nitrogens is 2. The van der Waals surface area contributed by atoms with Gasteiger partial charge < -0.3 is 10.4 Å². The number of nitrogens with zero attached hydrogens (tertiary/aromatic N) is 3. The maximum atomic E-state index is 11.4. The fourth-order valence-electron chi connectivity index (χ4n) is 1.59. The Bertz CT molecular complexity index is 491. The van der Waals surface area contributed by atoms with Gasteiger partial charge in [-0.2, -0.15) is 5.10 Å². The van der Waals surface area contributed by atoms with Gasteiger partial charge in [0, 0.05) is 7.05 Å². The van der Waals surface area contributed by atoms with E-state index < -0.39 is 12.0 Å². The number of carboxylic acid groups (broad SMARTS) is 1. The molecule has 0 radical (unpaired) electrons. The molecule has 2 heterocycles. The third-order valence-electron chi connectivity index (χ3n) is 2.54. The molecule has 8 heteroatoms. The number of carbonyl (C=O) groups excluding carboxylic acids is 2. The van der Waals surface area contributed by atoms with E-state index in [4.69, 9.17) is 5.11 Å². The van der Waals surface area contributed by atoms with Crippen molar-refractivity contribution in [3.05, 3.63) is 17.5 Å². The number of amides is 3. The van der Waals surface area contributed by atoms with Crippen LogP contribution in [0.15, 0.2) is 6.20 Å². The zero-order valence-electron chi connectivity index (χ0n) is 9.01. The Kier molecular flexibility index (Phi) is 2.54. The third kappa shape index (κ3) is 1.84. The summed E-state index contributed by atoms with van der Waals surface area (Å²) in [6.45, 7) is -0.151. The molecule has 0 spiro atoms. The molecule has 0 aromatic carbocycles. The lowest BCUT2D eigenvalue weighted by atomic mass is 10.2. The minimum atomic E-state index is -1.14. The molecule has 1 aromatic rings. The average molecular weight is 238 g/mol. The zero-order valence-corrected chi connectivity index (χ0v) is 9.01. The molecule has 0 saturated carbocycles. The van der Waals surface area contributed by atoms with Gasteiger partial charge in [-0.05, 0) is 0 Å². The molecule has 0 aliphatic carbocycles. The van der Waals surface area contributed by atoms with Crippen LogP contribution in [-0.4, -0.2) is 44.2 Å². The summed E-state index contributed by atoms with van der Waals surface area (Å²) in [7, 11) is 1.56. The van der Waals surface area contributed by atoms with Gasteiger partial charge in [0.05, 0.1) is 25.0 Å². The molecular formula is C9H10N4O4. The molecule has 0 unspecified atom stereocenters. The molecule has 0 bridgehead atoms. The van der Waals surface area contributed by atoms with Crippen molar-refractivity contribution in [3.8, 4) is 0 Å². The Morgan fingerprint density at radius 1 is 1.59 bits per heavy atom. The number of nitrogens with one attached hydrogen (secondary N) is 1. The molecule has 8 nitrogen and oxygen atoms in total. The van der Waals surface area contributed by atoms with Crippen molar-refractivity contribution in [2.24, 2.45) is 7.05 Å². The summed E-state index contributed by atoms with van der Waals surface area (Å²) in [5, 5.41) is 15.1. The fourth-order valence-corrected chi connectivity index (χ4v) is 1.59. The molecule has 2 rings (SSSR count). The van der Waals surface area contributed by atoms with Gasteiger partial charge in [-0.1, -0.05) is 0 Å². The van der Waals surface area contributed by atoms with E-state index in [1.165, 1.54) is 10.9 Å². The highest BCUT2D eigenvalue weighted by Gasteiger charge is 2.30. The molecule has 0 atom stereocenters. The SMILES string of the molecule is Cn1ncc(C(=O)O)c1CN1C(=O)CNC1=O. The molecule has 1 fully saturated rings. The molecule has 90 valence electrons. The van der Waals surface area contributed by atoms with Crippen molar-refractivity contribution in [2.75, 3.05) is 6.54 Å². The average Bonchev–Trinajstić information content (AvgIpc) is 2.77. The van der Waals surface area contributed by atoms with Crippen LogP contribution in [0.5, 0.6) is 0 Å². The second kappa shape index (κ2) is 3.89. The molecule has 1 saturated heterocycles. The van der Waals surface area contributed by atoms with Crippen LogP contribution in [-0.2, 0) is 18.4 Å². The van der Waals surface area contributed by atoms with Crippen LogP contribution in [0.1, 0.15) is 16.1 Å². The maximum Gasteiger partial charge on any atom is 0.339 e. The monoisotopic (exact) mass is 238 g/mol. The quantitative estimate of drug-likeness (QED) is 0.669. The van der Waals surface area contributed by atoms with Crippen molar-refractivity contribution in [2.45, 2.75) is 6.54 Å². The Morgan fingerprint density at radius 2 is 2.29 bits per heavy atom. The lowest BCUT2D eigenvalue weighted by molar-refractivity contribution is -0.125. The first-order chi connectivity index (χ1) is 8.00. The second-order valence-corrected chi connectivity index (χ2v) is 3.57. The first kappa shape index (κ1) is 11.1. The summed E-state index contributed by atoms with van der Waals surface area (Å²) in [5.41, 5.74) is 0.294. The molecule has 1 aliphatic heterocycles. The lowest BCUT2D eigenvalue weighted by Crippen LogP contribution is -2.31. The molecule has 1 aromatic heterocycles. The van der Waals surface area contributed by atoms with Crippen LogP contribution in [0.25, 0.3) is 0 Å². The summed E-state index contributed by atoms with van der Waals surface area (Å²) in [6, 6.07) is -0.521. The van der Waals surface area contributed by atoms with Crippen LogP contribution in [0.2, 0.25) is 0 Å². The Morgan fingerprint density at radius 3 is 2.82 bits per heavy atom. The highest BCUT2D eigenvalue weighted by molar-refractivity contribution is 6.02. The van der Waals surface area contributed by atoms with E-state index in [1.54, 1.807) is 7.05 Å². The summed E-state index contributed by atoms with van der Waals surface area (Å²) >= 11 is 0. The zero-order chi connectivity index (χ0) is 12.6. The summed E-state index contributed by atoms with van der Waals surface area (Å²) in [5.74, 6) is -1.52. The van der Waals surface area contributed by atoms with Gasteiger partial charge in [0.15, 0.2) is 0 Å². The predicted octanol–water partition coefficient (Wildman–Crippen LogP) is -0.830. The number of imide groups is 1. The van der Waals surface area contributed by atoms with Gasteiger partial charge in [-0.15, -0.1) is 0 Å². The van der Waals surface area contributed by atoms with Gasteiger partial charge in [0.25, 0.3) is 0 Å². The van der Waals surface area contributed by atoms with E-state index in [0.29, 0.717) is 5.69 Å². The van der Waals surface area contributed by atoms with Gasteiger partial charge in [0.1, 0.15) is 5.56 Å². The lowest BCUT2D eigenvalue weighted by Gasteiger charge is -2.12. The summed E-state index contributed by atoms with van der Waals surface area (Å²) < 4.78 is 1.34. The Balaban J connectivity index is 2.29. The van der Waals surface area contributed by atoms with E-state index in [0.717, 1.165) is 4.90 Å². The number of hydrogen-bond acceptors (Lipinski definition) is 4. The molecule has 1 aliphatic rings. The predicted molar refractivity (Wildman–Crippen MR) is 54.1 cm³/mol. The van der Waals surface area contributed by atoms with Crippen molar-refractivity contribution < 1.29 is 19.5 Å². The highest BCUT2D eigenvalue weighted by Crippen LogP contribution is 2.13. The van der Waals surface area contributed by atoms with Gasteiger partial charge in [-0.3, -0.25) is 14.4 Å². The van der Waals surface area contributed by atoms with Crippen molar-refractivity contribution in [1.29, 1.82) is 0 Å².